The van der Waals surface area contributed by atoms with Gasteiger partial charge in [-0.15, -0.1) is 0 Å². The van der Waals surface area contributed by atoms with Crippen LogP contribution >= 0.6 is 11.6 Å². The highest BCUT2D eigenvalue weighted by Gasteiger charge is 2.14. The fourth-order valence-corrected chi connectivity index (χ4v) is 1.99. The first-order valence-electron chi connectivity index (χ1n) is 6.72. The lowest BCUT2D eigenvalue weighted by molar-refractivity contribution is -0.116. The van der Waals surface area contributed by atoms with Crippen LogP contribution in [0.25, 0.3) is 0 Å². The molecule has 0 radical (unpaired) electrons. The molecule has 2 N–H and O–H groups in total. The molecule has 1 atom stereocenters. The Bertz CT molecular complexity index is 640. The smallest absolute Gasteiger partial charge is 0.247 e. The van der Waals surface area contributed by atoms with Gasteiger partial charge in [0.25, 0.3) is 0 Å². The van der Waals surface area contributed by atoms with E-state index in [-0.39, 0.29) is 11.9 Å². The van der Waals surface area contributed by atoms with Crippen LogP contribution in [0.2, 0.25) is 5.02 Å². The SMILES string of the molecule is Cc1ccc(C)c(N[C@H](C)C(=O)Nc2ccc(Cl)cn2)c1. The Hall–Kier alpha value is -2.07. The summed E-state index contributed by atoms with van der Waals surface area (Å²) in [6.07, 6.45) is 1.50. The number of amides is 1. The highest BCUT2D eigenvalue weighted by atomic mass is 35.5. The third-order valence-electron chi connectivity index (χ3n) is 3.14. The van der Waals surface area contributed by atoms with Crippen LogP contribution in [0.1, 0.15) is 18.1 Å². The predicted molar refractivity (Wildman–Crippen MR) is 86.9 cm³/mol. The monoisotopic (exact) mass is 303 g/mol. The zero-order chi connectivity index (χ0) is 15.4. The second kappa shape index (κ2) is 6.59. The molecule has 2 rings (SSSR count). The fourth-order valence-electron chi connectivity index (χ4n) is 1.87. The first-order valence-corrected chi connectivity index (χ1v) is 7.09. The van der Waals surface area contributed by atoms with Crippen molar-refractivity contribution in [3.8, 4) is 0 Å². The molecule has 0 saturated heterocycles. The molecule has 5 heteroatoms. The molecule has 0 bridgehead atoms. The lowest BCUT2D eigenvalue weighted by atomic mass is 10.1. The molecule has 21 heavy (non-hydrogen) atoms. The van der Waals surface area contributed by atoms with E-state index in [4.69, 9.17) is 11.6 Å². The molecule has 0 fully saturated rings. The number of aromatic nitrogens is 1. The Balaban J connectivity index is 2.02. The largest absolute Gasteiger partial charge is 0.374 e. The maximum Gasteiger partial charge on any atom is 0.247 e. The van der Waals surface area contributed by atoms with Crippen LogP contribution in [0.15, 0.2) is 36.5 Å². The van der Waals surface area contributed by atoms with Crippen molar-refractivity contribution in [1.29, 1.82) is 0 Å². The predicted octanol–water partition coefficient (Wildman–Crippen LogP) is 3.79. The molecule has 0 spiro atoms. The minimum Gasteiger partial charge on any atom is -0.374 e. The van der Waals surface area contributed by atoms with Crippen LogP contribution in [0, 0.1) is 13.8 Å². The van der Waals surface area contributed by atoms with E-state index in [1.165, 1.54) is 6.20 Å². The van der Waals surface area contributed by atoms with Crippen LogP contribution in [-0.4, -0.2) is 16.9 Å². The van der Waals surface area contributed by atoms with E-state index in [1.54, 1.807) is 12.1 Å². The van der Waals surface area contributed by atoms with Gasteiger partial charge in [0.2, 0.25) is 5.91 Å². The van der Waals surface area contributed by atoms with Crippen LogP contribution in [0.3, 0.4) is 0 Å². The molecular weight excluding hydrogens is 286 g/mol. The molecule has 0 aliphatic heterocycles. The second-order valence-corrected chi connectivity index (χ2v) is 5.47. The van der Waals surface area contributed by atoms with E-state index in [0.29, 0.717) is 10.8 Å². The van der Waals surface area contributed by atoms with Crippen molar-refractivity contribution < 1.29 is 4.79 Å². The Kier molecular flexibility index (Phi) is 4.81. The van der Waals surface area contributed by atoms with Crippen molar-refractivity contribution in [2.24, 2.45) is 0 Å². The van der Waals surface area contributed by atoms with E-state index in [1.807, 2.05) is 39.0 Å². The average molecular weight is 304 g/mol. The summed E-state index contributed by atoms with van der Waals surface area (Å²) in [5.41, 5.74) is 3.21. The molecule has 0 unspecified atom stereocenters. The number of hydrogen-bond acceptors (Lipinski definition) is 3. The van der Waals surface area contributed by atoms with E-state index >= 15 is 0 Å². The third kappa shape index (κ3) is 4.20. The van der Waals surface area contributed by atoms with Crippen molar-refractivity contribution in [3.63, 3.8) is 0 Å². The van der Waals surface area contributed by atoms with E-state index in [9.17, 15) is 4.79 Å². The average Bonchev–Trinajstić information content (AvgIpc) is 2.45. The Labute approximate surface area is 129 Å². The Morgan fingerprint density at radius 2 is 2.00 bits per heavy atom. The zero-order valence-corrected chi connectivity index (χ0v) is 13.0. The maximum absolute atomic E-state index is 12.2. The number of anilines is 2. The molecule has 1 aromatic carbocycles. The van der Waals surface area contributed by atoms with Gasteiger partial charge in [0, 0.05) is 11.9 Å². The fraction of sp³-hybridized carbons (Fsp3) is 0.250. The first kappa shape index (κ1) is 15.3. The highest BCUT2D eigenvalue weighted by molar-refractivity contribution is 6.30. The van der Waals surface area contributed by atoms with Crippen molar-refractivity contribution in [3.05, 3.63) is 52.7 Å². The number of pyridine rings is 1. The number of aryl methyl sites for hydroxylation is 2. The number of hydrogen-bond donors (Lipinski definition) is 2. The highest BCUT2D eigenvalue weighted by Crippen LogP contribution is 2.18. The van der Waals surface area contributed by atoms with E-state index in [2.05, 4.69) is 15.6 Å². The minimum atomic E-state index is -0.372. The number of benzene rings is 1. The van der Waals surface area contributed by atoms with Gasteiger partial charge < -0.3 is 10.6 Å². The summed E-state index contributed by atoms with van der Waals surface area (Å²) in [4.78, 5) is 16.2. The molecule has 1 aromatic heterocycles. The van der Waals surface area contributed by atoms with Crippen LogP contribution in [0.5, 0.6) is 0 Å². The van der Waals surface area contributed by atoms with Crippen molar-refractivity contribution >= 4 is 29.0 Å². The quantitative estimate of drug-likeness (QED) is 0.903. The van der Waals surface area contributed by atoms with Gasteiger partial charge in [0.15, 0.2) is 0 Å². The van der Waals surface area contributed by atoms with Crippen LogP contribution in [-0.2, 0) is 4.79 Å². The molecule has 1 heterocycles. The van der Waals surface area contributed by atoms with Gasteiger partial charge in [-0.05, 0) is 50.1 Å². The molecule has 1 amide bonds. The summed E-state index contributed by atoms with van der Waals surface area (Å²) in [5.74, 6) is 0.338. The maximum atomic E-state index is 12.2. The normalized spacial score (nSPS) is 11.8. The standard InChI is InChI=1S/C16H18ClN3O/c1-10-4-5-11(2)14(8-10)19-12(3)16(21)20-15-7-6-13(17)9-18-15/h4-9,12,19H,1-3H3,(H,18,20,21)/t12-/m1/s1. The molecule has 4 nitrogen and oxygen atoms in total. The van der Waals surface area contributed by atoms with Crippen molar-refractivity contribution in [2.45, 2.75) is 26.8 Å². The number of carbonyl (C=O) groups is 1. The topological polar surface area (TPSA) is 54.0 Å². The molecular formula is C16H18ClN3O. The van der Waals surface area contributed by atoms with Gasteiger partial charge in [-0.1, -0.05) is 23.7 Å². The third-order valence-corrected chi connectivity index (χ3v) is 3.36. The minimum absolute atomic E-state index is 0.147. The molecule has 0 saturated carbocycles. The zero-order valence-electron chi connectivity index (χ0n) is 12.3. The van der Waals surface area contributed by atoms with Gasteiger partial charge in [-0.3, -0.25) is 4.79 Å². The number of rotatable bonds is 4. The van der Waals surface area contributed by atoms with Crippen LogP contribution in [0.4, 0.5) is 11.5 Å². The lowest BCUT2D eigenvalue weighted by Gasteiger charge is -2.17. The van der Waals surface area contributed by atoms with Gasteiger partial charge in [-0.2, -0.15) is 0 Å². The van der Waals surface area contributed by atoms with E-state index in [0.717, 1.165) is 16.8 Å². The second-order valence-electron chi connectivity index (χ2n) is 5.04. The number of nitrogens with zero attached hydrogens (tertiary/aromatic N) is 1. The summed E-state index contributed by atoms with van der Waals surface area (Å²) in [5, 5.41) is 6.51. The first-order chi connectivity index (χ1) is 9.95. The summed E-state index contributed by atoms with van der Waals surface area (Å²) in [6, 6.07) is 9.09. The lowest BCUT2D eigenvalue weighted by Crippen LogP contribution is -2.32. The van der Waals surface area contributed by atoms with Crippen LogP contribution < -0.4 is 10.6 Å². The Morgan fingerprint density at radius 3 is 2.67 bits per heavy atom. The van der Waals surface area contributed by atoms with Gasteiger partial charge in [0.05, 0.1) is 5.02 Å². The molecule has 0 aliphatic rings. The summed E-state index contributed by atoms with van der Waals surface area (Å²) >= 11 is 5.76. The summed E-state index contributed by atoms with van der Waals surface area (Å²) in [6.45, 7) is 5.84. The number of carbonyl (C=O) groups excluding carboxylic acids is 1. The van der Waals surface area contributed by atoms with Crippen molar-refractivity contribution in [1.82, 2.24) is 4.98 Å². The van der Waals surface area contributed by atoms with Crippen molar-refractivity contribution in [2.75, 3.05) is 10.6 Å². The summed E-state index contributed by atoms with van der Waals surface area (Å²) < 4.78 is 0. The van der Waals surface area contributed by atoms with Gasteiger partial charge in [0.1, 0.15) is 11.9 Å². The van der Waals surface area contributed by atoms with Gasteiger partial charge >= 0.3 is 0 Å². The molecule has 0 aliphatic carbocycles. The van der Waals surface area contributed by atoms with E-state index < -0.39 is 0 Å². The van der Waals surface area contributed by atoms with Gasteiger partial charge in [-0.25, -0.2) is 4.98 Å². The molecule has 2 aromatic rings. The number of nitrogens with one attached hydrogen (secondary N) is 2. The Morgan fingerprint density at radius 1 is 1.24 bits per heavy atom. The molecule has 110 valence electrons. The number of halogens is 1. The summed E-state index contributed by atoms with van der Waals surface area (Å²) in [7, 11) is 0.